The molecule has 1 aromatic heterocycles. The average Bonchev–Trinajstić information content (AvgIpc) is 2.74. The monoisotopic (exact) mass is 275 g/mol. The molecule has 1 N–H and O–H groups in total. The second-order valence-corrected chi connectivity index (χ2v) is 6.08. The molecule has 1 rings (SSSR count). The van der Waals surface area contributed by atoms with Crippen molar-refractivity contribution < 1.29 is 17.9 Å². The number of methoxy groups -OCH3 is 1. The van der Waals surface area contributed by atoms with Crippen LogP contribution < -0.4 is 0 Å². The van der Waals surface area contributed by atoms with E-state index in [1.165, 1.54) is 20.4 Å². The molecule has 1 unspecified atom stereocenters. The second-order valence-electron chi connectivity index (χ2n) is 4.07. The summed E-state index contributed by atoms with van der Waals surface area (Å²) in [5.41, 5.74) is 0.465. The first kappa shape index (κ1) is 14.7. The lowest BCUT2D eigenvalue weighted by Crippen LogP contribution is -2.34. The Morgan fingerprint density at radius 1 is 1.61 bits per heavy atom. The van der Waals surface area contributed by atoms with Crippen LogP contribution in [0.5, 0.6) is 0 Å². The fraction of sp³-hybridized carbons (Fsp3) is 0.600. The number of aryl methyl sites for hydroxylation is 1. The van der Waals surface area contributed by atoms with Gasteiger partial charge in [-0.2, -0.15) is 9.40 Å². The van der Waals surface area contributed by atoms with E-state index < -0.39 is 21.9 Å². The predicted molar refractivity (Wildman–Crippen MR) is 64.3 cm³/mol. The van der Waals surface area contributed by atoms with Crippen LogP contribution in [0, 0.1) is 12.8 Å². The number of ether oxygens (including phenoxy) is 1. The molecule has 1 atom stereocenters. The van der Waals surface area contributed by atoms with Crippen LogP contribution in [0.3, 0.4) is 0 Å². The van der Waals surface area contributed by atoms with Crippen molar-refractivity contribution in [2.45, 2.75) is 18.7 Å². The fourth-order valence-corrected chi connectivity index (χ4v) is 2.90. The molecule has 8 heteroatoms. The van der Waals surface area contributed by atoms with E-state index in [1.807, 2.05) is 0 Å². The molecule has 0 radical (unpaired) electrons. The number of carbonyl (C=O) groups is 1. The number of nitrogens with one attached hydrogen (secondary N) is 1. The Hall–Kier alpha value is -1.41. The third-order valence-corrected chi connectivity index (χ3v) is 4.54. The van der Waals surface area contributed by atoms with Crippen LogP contribution in [0.1, 0.15) is 12.6 Å². The van der Waals surface area contributed by atoms with Crippen LogP contribution in [0.4, 0.5) is 0 Å². The summed E-state index contributed by atoms with van der Waals surface area (Å²) < 4.78 is 30.0. The summed E-state index contributed by atoms with van der Waals surface area (Å²) in [7, 11) is -0.942. The molecule has 18 heavy (non-hydrogen) atoms. The summed E-state index contributed by atoms with van der Waals surface area (Å²) in [6.07, 6.45) is 1.25. The van der Waals surface area contributed by atoms with E-state index in [0.717, 1.165) is 4.31 Å². The molecular formula is C10H17N3O4S. The summed E-state index contributed by atoms with van der Waals surface area (Å²) in [6, 6.07) is 0. The highest BCUT2D eigenvalue weighted by molar-refractivity contribution is 7.89. The van der Waals surface area contributed by atoms with Gasteiger partial charge in [-0.05, 0) is 6.92 Å². The first-order valence-electron chi connectivity index (χ1n) is 5.34. The van der Waals surface area contributed by atoms with E-state index >= 15 is 0 Å². The van der Waals surface area contributed by atoms with E-state index in [0.29, 0.717) is 5.69 Å². The molecular weight excluding hydrogens is 258 g/mol. The molecule has 0 amide bonds. The first-order valence-corrected chi connectivity index (χ1v) is 6.78. The minimum absolute atomic E-state index is 0.0552. The zero-order chi connectivity index (χ0) is 13.9. The number of H-pyrrole nitrogens is 1. The molecule has 0 fully saturated rings. The van der Waals surface area contributed by atoms with Crippen LogP contribution >= 0.6 is 0 Å². The molecule has 0 saturated carbocycles. The van der Waals surface area contributed by atoms with Gasteiger partial charge in [-0.25, -0.2) is 8.42 Å². The number of hydrogen-bond acceptors (Lipinski definition) is 5. The van der Waals surface area contributed by atoms with Gasteiger partial charge in [-0.3, -0.25) is 9.89 Å². The van der Waals surface area contributed by atoms with Gasteiger partial charge in [0.1, 0.15) is 4.90 Å². The molecule has 7 nitrogen and oxygen atoms in total. The van der Waals surface area contributed by atoms with Crippen molar-refractivity contribution in [2.24, 2.45) is 5.92 Å². The van der Waals surface area contributed by atoms with Crippen molar-refractivity contribution in [2.75, 3.05) is 20.7 Å². The molecule has 1 aromatic rings. The zero-order valence-corrected chi connectivity index (χ0v) is 11.6. The zero-order valence-electron chi connectivity index (χ0n) is 10.8. The molecule has 0 spiro atoms. The van der Waals surface area contributed by atoms with Crippen molar-refractivity contribution >= 4 is 16.0 Å². The average molecular weight is 275 g/mol. The standard InChI is InChI=1S/C10H17N3O4S/c1-7(10(14)17-4)6-13(3)18(15,16)9-5-11-12-8(9)2/h5,7H,6H2,1-4H3,(H,11,12). The lowest BCUT2D eigenvalue weighted by molar-refractivity contribution is -0.144. The van der Waals surface area contributed by atoms with Crippen molar-refractivity contribution in [1.82, 2.24) is 14.5 Å². The number of hydrogen-bond donors (Lipinski definition) is 1. The van der Waals surface area contributed by atoms with E-state index in [4.69, 9.17) is 0 Å². The number of nitrogens with zero attached hydrogens (tertiary/aromatic N) is 2. The maximum atomic E-state index is 12.2. The van der Waals surface area contributed by atoms with Gasteiger partial charge in [0.25, 0.3) is 0 Å². The predicted octanol–water partition coefficient (Wildman–Crippen LogP) is 0.148. The Morgan fingerprint density at radius 3 is 2.67 bits per heavy atom. The van der Waals surface area contributed by atoms with Gasteiger partial charge >= 0.3 is 5.97 Å². The van der Waals surface area contributed by atoms with Gasteiger partial charge in [0.05, 0.1) is 24.9 Å². The van der Waals surface area contributed by atoms with E-state index in [-0.39, 0.29) is 11.4 Å². The minimum Gasteiger partial charge on any atom is -0.469 e. The highest BCUT2D eigenvalue weighted by atomic mass is 32.2. The summed E-state index contributed by atoms with van der Waals surface area (Å²) in [6.45, 7) is 3.29. The van der Waals surface area contributed by atoms with Crippen molar-refractivity contribution in [3.63, 3.8) is 0 Å². The van der Waals surface area contributed by atoms with Crippen molar-refractivity contribution in [1.29, 1.82) is 0 Å². The van der Waals surface area contributed by atoms with E-state index in [2.05, 4.69) is 14.9 Å². The maximum absolute atomic E-state index is 12.2. The number of aromatic amines is 1. The van der Waals surface area contributed by atoms with Crippen LogP contribution in [-0.2, 0) is 19.6 Å². The van der Waals surface area contributed by atoms with Crippen LogP contribution in [0.2, 0.25) is 0 Å². The fourth-order valence-electron chi connectivity index (χ4n) is 1.53. The van der Waals surface area contributed by atoms with Gasteiger partial charge in [0.2, 0.25) is 10.0 Å². The highest BCUT2D eigenvalue weighted by Gasteiger charge is 2.27. The van der Waals surface area contributed by atoms with Crippen molar-refractivity contribution in [3.05, 3.63) is 11.9 Å². The minimum atomic E-state index is -3.63. The second kappa shape index (κ2) is 5.49. The molecule has 0 aliphatic carbocycles. The van der Waals surface area contributed by atoms with E-state index in [9.17, 15) is 13.2 Å². The summed E-state index contributed by atoms with van der Waals surface area (Å²) in [5.74, 6) is -0.969. The van der Waals surface area contributed by atoms with Gasteiger partial charge in [0.15, 0.2) is 0 Å². The Kier molecular flexibility index (Phi) is 4.47. The third kappa shape index (κ3) is 2.88. The van der Waals surface area contributed by atoms with Crippen LogP contribution in [0.15, 0.2) is 11.1 Å². The lowest BCUT2D eigenvalue weighted by Gasteiger charge is -2.19. The number of sulfonamides is 1. The van der Waals surface area contributed by atoms with Crippen LogP contribution in [0.25, 0.3) is 0 Å². The lowest BCUT2D eigenvalue weighted by atomic mass is 10.2. The topological polar surface area (TPSA) is 92.4 Å². The maximum Gasteiger partial charge on any atom is 0.309 e. The quantitative estimate of drug-likeness (QED) is 0.772. The van der Waals surface area contributed by atoms with Gasteiger partial charge in [-0.1, -0.05) is 6.92 Å². The molecule has 0 aliphatic rings. The Bertz CT molecular complexity index is 523. The highest BCUT2D eigenvalue weighted by Crippen LogP contribution is 2.17. The Balaban J connectivity index is 2.88. The number of carbonyl (C=O) groups excluding carboxylic acids is 1. The molecule has 0 saturated heterocycles. The molecule has 102 valence electrons. The largest absolute Gasteiger partial charge is 0.469 e. The first-order chi connectivity index (χ1) is 8.30. The summed E-state index contributed by atoms with van der Waals surface area (Å²) >= 11 is 0. The smallest absolute Gasteiger partial charge is 0.309 e. The number of aromatic nitrogens is 2. The van der Waals surface area contributed by atoms with Crippen molar-refractivity contribution in [3.8, 4) is 0 Å². The van der Waals surface area contributed by atoms with E-state index in [1.54, 1.807) is 13.8 Å². The Morgan fingerprint density at radius 2 is 2.22 bits per heavy atom. The number of esters is 1. The third-order valence-electron chi connectivity index (χ3n) is 2.61. The van der Waals surface area contributed by atoms with Gasteiger partial charge in [-0.15, -0.1) is 0 Å². The summed E-state index contributed by atoms with van der Waals surface area (Å²) in [4.78, 5) is 11.4. The normalized spacial score (nSPS) is 13.6. The number of rotatable bonds is 5. The molecule has 0 aromatic carbocycles. The Labute approximate surface area is 106 Å². The van der Waals surface area contributed by atoms with Crippen LogP contribution in [-0.4, -0.2) is 49.6 Å². The van der Waals surface area contributed by atoms with Gasteiger partial charge in [0, 0.05) is 13.6 Å². The summed E-state index contributed by atoms with van der Waals surface area (Å²) in [5, 5.41) is 6.25. The molecule has 0 aliphatic heterocycles. The molecule has 0 bridgehead atoms. The van der Waals surface area contributed by atoms with Gasteiger partial charge < -0.3 is 4.74 Å². The SMILES string of the molecule is COC(=O)C(C)CN(C)S(=O)(=O)c1cn[nH]c1C. The molecule has 1 heterocycles.